The lowest BCUT2D eigenvalue weighted by atomic mass is 10.0. The average Bonchev–Trinajstić information content (AvgIpc) is 3.36. The van der Waals surface area contributed by atoms with Crippen LogP contribution in [0.3, 0.4) is 0 Å². The van der Waals surface area contributed by atoms with Crippen molar-refractivity contribution in [1.29, 1.82) is 0 Å². The molecule has 0 unspecified atom stereocenters. The molecule has 3 aromatic heterocycles. The minimum absolute atomic E-state index is 0.0358. The van der Waals surface area contributed by atoms with Crippen molar-refractivity contribution >= 4 is 28.0 Å². The molecule has 0 amide bonds. The van der Waals surface area contributed by atoms with Gasteiger partial charge < -0.3 is 14.5 Å². The van der Waals surface area contributed by atoms with Gasteiger partial charge in [0.15, 0.2) is 17.0 Å². The molecular weight excluding hydrogens is 402 g/mol. The van der Waals surface area contributed by atoms with Crippen molar-refractivity contribution in [3.8, 4) is 11.4 Å². The lowest BCUT2D eigenvalue weighted by Gasteiger charge is -2.33. The molecule has 0 saturated carbocycles. The number of rotatable bonds is 3. The third kappa shape index (κ3) is 2.90. The van der Waals surface area contributed by atoms with Crippen molar-refractivity contribution in [2.24, 2.45) is 7.05 Å². The molecule has 1 aliphatic rings. The van der Waals surface area contributed by atoms with Crippen molar-refractivity contribution in [3.05, 3.63) is 71.4 Å². The molecule has 4 heterocycles. The van der Waals surface area contributed by atoms with Crippen molar-refractivity contribution in [2.75, 3.05) is 18.0 Å². The van der Waals surface area contributed by atoms with E-state index >= 15 is 0 Å². The number of aromatic amines is 1. The number of H-pyrrole nitrogens is 1. The number of nitrogens with zero attached hydrogens (tertiary/aromatic N) is 6. The zero-order valence-electron chi connectivity index (χ0n) is 17.8. The molecule has 160 valence electrons. The fourth-order valence-corrected chi connectivity index (χ4v) is 4.84. The van der Waals surface area contributed by atoms with E-state index in [1.165, 1.54) is 0 Å². The van der Waals surface area contributed by atoms with Gasteiger partial charge in [0, 0.05) is 31.7 Å². The number of piperidine rings is 1. The number of nitrogens with one attached hydrogen (secondary N) is 1. The van der Waals surface area contributed by atoms with Crippen LogP contribution in [0.5, 0.6) is 0 Å². The van der Waals surface area contributed by atoms with Crippen LogP contribution in [0.25, 0.3) is 33.6 Å². The van der Waals surface area contributed by atoms with Gasteiger partial charge in [-0.25, -0.2) is 19.7 Å². The van der Waals surface area contributed by atoms with Gasteiger partial charge in [-0.1, -0.05) is 42.5 Å². The summed E-state index contributed by atoms with van der Waals surface area (Å²) in [7, 11) is 1.99. The quantitative estimate of drug-likeness (QED) is 0.478. The van der Waals surface area contributed by atoms with E-state index in [0.717, 1.165) is 65.3 Å². The maximum Gasteiger partial charge on any atom is 0.326 e. The van der Waals surface area contributed by atoms with Crippen LogP contribution in [-0.2, 0) is 7.05 Å². The molecule has 0 spiro atoms. The molecule has 8 heteroatoms. The SMILES string of the molecule is Cn1c(-c2ccccc2)nc2c(N3CCC(n4c(=O)[nH]c5ccccc54)CC3)ncnc21. The fraction of sp³-hybridized carbons (Fsp3) is 0.250. The Balaban J connectivity index is 1.32. The molecule has 1 saturated heterocycles. The van der Waals surface area contributed by atoms with Crippen LogP contribution in [0.15, 0.2) is 65.7 Å². The van der Waals surface area contributed by atoms with Crippen LogP contribution in [0, 0.1) is 0 Å². The first-order chi connectivity index (χ1) is 15.7. The second-order valence-corrected chi connectivity index (χ2v) is 8.27. The Morgan fingerprint density at radius 3 is 2.53 bits per heavy atom. The molecule has 6 rings (SSSR count). The minimum atomic E-state index is -0.0358. The van der Waals surface area contributed by atoms with Crippen LogP contribution in [0.4, 0.5) is 5.82 Å². The Morgan fingerprint density at radius 2 is 1.72 bits per heavy atom. The highest BCUT2D eigenvalue weighted by Gasteiger charge is 2.26. The van der Waals surface area contributed by atoms with Crippen LogP contribution in [0.1, 0.15) is 18.9 Å². The van der Waals surface area contributed by atoms with Gasteiger partial charge in [-0.05, 0) is 25.0 Å². The molecule has 1 N–H and O–H groups in total. The number of aryl methyl sites for hydroxylation is 1. The van der Waals surface area contributed by atoms with Gasteiger partial charge in [0.05, 0.1) is 11.0 Å². The number of imidazole rings is 2. The topological polar surface area (TPSA) is 84.6 Å². The van der Waals surface area contributed by atoms with Gasteiger partial charge in [0.1, 0.15) is 12.2 Å². The summed E-state index contributed by atoms with van der Waals surface area (Å²) in [6, 6.07) is 18.2. The number of hydrogen-bond acceptors (Lipinski definition) is 5. The third-order valence-corrected chi connectivity index (χ3v) is 6.42. The highest BCUT2D eigenvalue weighted by Crippen LogP contribution is 2.31. The summed E-state index contributed by atoms with van der Waals surface area (Å²) >= 11 is 0. The maximum absolute atomic E-state index is 12.6. The summed E-state index contributed by atoms with van der Waals surface area (Å²) in [5.41, 5.74) is 4.51. The first-order valence-electron chi connectivity index (χ1n) is 10.9. The van der Waals surface area contributed by atoms with Gasteiger partial charge >= 0.3 is 5.69 Å². The van der Waals surface area contributed by atoms with E-state index in [2.05, 4.69) is 32.0 Å². The average molecular weight is 425 g/mol. The Hall–Kier alpha value is -3.94. The van der Waals surface area contributed by atoms with Gasteiger partial charge in [0.2, 0.25) is 0 Å². The highest BCUT2D eigenvalue weighted by molar-refractivity contribution is 5.86. The van der Waals surface area contributed by atoms with Crippen LogP contribution in [0.2, 0.25) is 0 Å². The predicted octanol–water partition coefficient (Wildman–Crippen LogP) is 3.51. The van der Waals surface area contributed by atoms with Gasteiger partial charge in [-0.15, -0.1) is 0 Å². The Labute approximate surface area is 184 Å². The Kier molecular flexibility index (Phi) is 4.31. The smallest absolute Gasteiger partial charge is 0.326 e. The summed E-state index contributed by atoms with van der Waals surface area (Å²) in [5.74, 6) is 1.74. The van der Waals surface area contributed by atoms with Crippen LogP contribution < -0.4 is 10.6 Å². The van der Waals surface area contributed by atoms with E-state index < -0.39 is 0 Å². The molecular formula is C24H23N7O. The summed E-state index contributed by atoms with van der Waals surface area (Å²) in [4.78, 5) is 31.9. The van der Waals surface area contributed by atoms with E-state index in [1.807, 2.05) is 58.6 Å². The van der Waals surface area contributed by atoms with E-state index in [0.29, 0.717) is 0 Å². The Bertz CT molecular complexity index is 1470. The molecule has 32 heavy (non-hydrogen) atoms. The summed E-state index contributed by atoms with van der Waals surface area (Å²) in [6.07, 6.45) is 3.35. The number of benzene rings is 2. The van der Waals surface area contributed by atoms with Crippen LogP contribution >= 0.6 is 0 Å². The third-order valence-electron chi connectivity index (χ3n) is 6.42. The second-order valence-electron chi connectivity index (χ2n) is 8.27. The lowest BCUT2D eigenvalue weighted by Crippen LogP contribution is -2.37. The lowest BCUT2D eigenvalue weighted by molar-refractivity contribution is 0.395. The molecule has 2 aromatic carbocycles. The van der Waals surface area contributed by atoms with E-state index in [9.17, 15) is 4.79 Å². The zero-order chi connectivity index (χ0) is 21.7. The molecule has 1 fully saturated rings. The zero-order valence-corrected chi connectivity index (χ0v) is 17.8. The molecule has 8 nitrogen and oxygen atoms in total. The molecule has 0 radical (unpaired) electrons. The van der Waals surface area contributed by atoms with Crippen molar-refractivity contribution in [2.45, 2.75) is 18.9 Å². The number of aromatic nitrogens is 6. The van der Waals surface area contributed by atoms with Gasteiger partial charge in [-0.2, -0.15) is 0 Å². The number of para-hydroxylation sites is 2. The number of fused-ring (bicyclic) bond motifs is 2. The first-order valence-corrected chi connectivity index (χ1v) is 10.9. The van der Waals surface area contributed by atoms with Crippen molar-refractivity contribution in [1.82, 2.24) is 29.1 Å². The standard InChI is InChI=1S/C24H23N7O/c1-29-21(16-7-3-2-4-8-16)28-20-22(29)25-15-26-23(20)30-13-11-17(12-14-30)31-19-10-6-5-9-18(19)27-24(31)32/h2-10,15,17H,11-14H2,1H3,(H,27,32). The van der Waals surface area contributed by atoms with Crippen molar-refractivity contribution in [3.63, 3.8) is 0 Å². The fourth-order valence-electron chi connectivity index (χ4n) is 4.84. The second kappa shape index (κ2) is 7.33. The Morgan fingerprint density at radius 1 is 0.969 bits per heavy atom. The van der Waals surface area contributed by atoms with Gasteiger partial charge in [-0.3, -0.25) is 4.57 Å². The predicted molar refractivity (Wildman–Crippen MR) is 125 cm³/mol. The first kappa shape index (κ1) is 18.8. The summed E-state index contributed by atoms with van der Waals surface area (Å²) < 4.78 is 3.94. The van der Waals surface area contributed by atoms with Gasteiger partial charge in [0.25, 0.3) is 0 Å². The normalized spacial score (nSPS) is 15.1. The largest absolute Gasteiger partial charge is 0.355 e. The minimum Gasteiger partial charge on any atom is -0.355 e. The highest BCUT2D eigenvalue weighted by atomic mass is 16.1. The van der Waals surface area contributed by atoms with E-state index in [-0.39, 0.29) is 11.7 Å². The molecule has 0 atom stereocenters. The summed E-state index contributed by atoms with van der Waals surface area (Å²) in [5, 5.41) is 0. The number of anilines is 1. The van der Waals surface area contributed by atoms with E-state index in [4.69, 9.17) is 4.98 Å². The monoisotopic (exact) mass is 425 g/mol. The van der Waals surface area contributed by atoms with E-state index in [1.54, 1.807) is 6.33 Å². The molecule has 5 aromatic rings. The van der Waals surface area contributed by atoms with Crippen LogP contribution in [-0.4, -0.2) is 42.2 Å². The van der Waals surface area contributed by atoms with Crippen molar-refractivity contribution < 1.29 is 0 Å². The maximum atomic E-state index is 12.6. The molecule has 1 aliphatic heterocycles. The molecule has 0 aliphatic carbocycles. The molecule has 0 bridgehead atoms. The number of hydrogen-bond donors (Lipinski definition) is 1. The summed E-state index contributed by atoms with van der Waals surface area (Å²) in [6.45, 7) is 1.61.